The molecular weight excluding hydrogens is 214 g/mol. The fourth-order valence-electron chi connectivity index (χ4n) is 1.68. The Balaban J connectivity index is 2.02. The van der Waals surface area contributed by atoms with E-state index in [1.165, 1.54) is 0 Å². The second-order valence-corrected chi connectivity index (χ2v) is 3.76. The molecule has 1 aromatic carbocycles. The van der Waals surface area contributed by atoms with Crippen molar-refractivity contribution in [1.82, 2.24) is 24.7 Å². The molecule has 1 N–H and O–H groups in total. The Kier molecular flexibility index (Phi) is 2.22. The van der Waals surface area contributed by atoms with Gasteiger partial charge in [0.1, 0.15) is 5.69 Å². The number of nitrogens with one attached hydrogen (secondary N) is 1. The number of aromatic amines is 1. The van der Waals surface area contributed by atoms with Crippen LogP contribution >= 0.6 is 0 Å². The lowest BCUT2D eigenvalue weighted by atomic mass is 10.2. The summed E-state index contributed by atoms with van der Waals surface area (Å²) in [6, 6.07) is 9.87. The maximum atomic E-state index is 4.46. The molecule has 0 saturated heterocycles. The number of hydrogen-bond acceptors (Lipinski definition) is 3. The van der Waals surface area contributed by atoms with Crippen molar-refractivity contribution in [2.24, 2.45) is 7.05 Å². The van der Waals surface area contributed by atoms with Crippen molar-refractivity contribution >= 4 is 0 Å². The fraction of sp³-hybridized carbons (Fsp3) is 0.0833. The number of aryl methyl sites for hydroxylation is 1. The Labute approximate surface area is 98.2 Å². The number of benzene rings is 1. The van der Waals surface area contributed by atoms with Crippen molar-refractivity contribution in [3.05, 3.63) is 42.9 Å². The molecule has 0 atom stereocenters. The van der Waals surface area contributed by atoms with E-state index in [9.17, 15) is 0 Å². The Morgan fingerprint density at radius 2 is 2.00 bits per heavy atom. The first kappa shape index (κ1) is 9.77. The zero-order chi connectivity index (χ0) is 11.7. The molecule has 0 saturated carbocycles. The summed E-state index contributed by atoms with van der Waals surface area (Å²) >= 11 is 0. The normalized spacial score (nSPS) is 10.6. The van der Waals surface area contributed by atoms with Gasteiger partial charge in [0.05, 0.1) is 12.5 Å². The molecule has 2 aromatic heterocycles. The highest BCUT2D eigenvalue weighted by atomic mass is 15.2. The average molecular weight is 225 g/mol. The van der Waals surface area contributed by atoms with Crippen LogP contribution in [0.4, 0.5) is 0 Å². The molecule has 0 aliphatic carbocycles. The topological polar surface area (TPSA) is 59.4 Å². The molecule has 3 rings (SSSR count). The van der Waals surface area contributed by atoms with Gasteiger partial charge in [-0.1, -0.05) is 30.3 Å². The molecule has 0 spiro atoms. The first-order valence-electron chi connectivity index (χ1n) is 5.29. The van der Waals surface area contributed by atoms with Gasteiger partial charge in [0.2, 0.25) is 0 Å². The Morgan fingerprint density at radius 3 is 2.71 bits per heavy atom. The summed E-state index contributed by atoms with van der Waals surface area (Å²) in [6.07, 6.45) is 3.50. The lowest BCUT2D eigenvalue weighted by molar-refractivity contribution is 0.909. The van der Waals surface area contributed by atoms with Crippen molar-refractivity contribution in [2.75, 3.05) is 0 Å². The Bertz CT molecular complexity index is 623. The summed E-state index contributed by atoms with van der Waals surface area (Å²) < 4.78 is 1.90. The van der Waals surface area contributed by atoms with Gasteiger partial charge in [0.15, 0.2) is 11.6 Å². The number of imidazole rings is 1. The van der Waals surface area contributed by atoms with Crippen molar-refractivity contribution in [3.8, 4) is 22.9 Å². The third kappa shape index (κ3) is 1.71. The second kappa shape index (κ2) is 3.86. The average Bonchev–Trinajstić information content (AvgIpc) is 2.98. The molecular formula is C12H11N5. The maximum Gasteiger partial charge on any atom is 0.181 e. The van der Waals surface area contributed by atoms with Gasteiger partial charge in [-0.3, -0.25) is 5.10 Å². The number of hydrogen-bond donors (Lipinski definition) is 1. The van der Waals surface area contributed by atoms with Gasteiger partial charge in [-0.15, -0.1) is 0 Å². The highest BCUT2D eigenvalue weighted by Crippen LogP contribution is 2.18. The van der Waals surface area contributed by atoms with Gasteiger partial charge < -0.3 is 4.57 Å². The minimum atomic E-state index is 0.696. The minimum Gasteiger partial charge on any atom is -0.331 e. The summed E-state index contributed by atoms with van der Waals surface area (Å²) in [5.74, 6) is 1.42. The van der Waals surface area contributed by atoms with Gasteiger partial charge in [0, 0.05) is 12.6 Å². The number of rotatable bonds is 2. The summed E-state index contributed by atoms with van der Waals surface area (Å²) in [6.45, 7) is 0. The molecule has 0 aliphatic heterocycles. The third-order valence-corrected chi connectivity index (χ3v) is 2.58. The van der Waals surface area contributed by atoms with Crippen LogP contribution < -0.4 is 0 Å². The zero-order valence-corrected chi connectivity index (χ0v) is 9.33. The van der Waals surface area contributed by atoms with Gasteiger partial charge in [-0.25, -0.2) is 9.97 Å². The van der Waals surface area contributed by atoms with Crippen LogP contribution in [-0.2, 0) is 7.05 Å². The molecule has 0 fully saturated rings. The van der Waals surface area contributed by atoms with E-state index in [1.54, 1.807) is 12.5 Å². The van der Waals surface area contributed by atoms with E-state index in [4.69, 9.17) is 0 Å². The Morgan fingerprint density at radius 1 is 1.18 bits per heavy atom. The standard InChI is InChI=1S/C12H11N5/c1-17-8-13-7-10(17)12-14-11(15-16-12)9-5-3-2-4-6-9/h2-8H,1H3,(H,14,15,16). The smallest absolute Gasteiger partial charge is 0.181 e. The summed E-state index contributed by atoms with van der Waals surface area (Å²) in [7, 11) is 1.92. The molecule has 5 nitrogen and oxygen atoms in total. The van der Waals surface area contributed by atoms with Crippen LogP contribution in [0.3, 0.4) is 0 Å². The van der Waals surface area contributed by atoms with Crippen LogP contribution in [0.1, 0.15) is 0 Å². The van der Waals surface area contributed by atoms with Crippen molar-refractivity contribution in [2.45, 2.75) is 0 Å². The quantitative estimate of drug-likeness (QED) is 0.724. The van der Waals surface area contributed by atoms with Gasteiger partial charge >= 0.3 is 0 Å². The van der Waals surface area contributed by atoms with E-state index in [0.29, 0.717) is 5.82 Å². The van der Waals surface area contributed by atoms with Gasteiger partial charge in [-0.05, 0) is 0 Å². The van der Waals surface area contributed by atoms with Crippen LogP contribution in [0.15, 0.2) is 42.9 Å². The van der Waals surface area contributed by atoms with Crippen LogP contribution in [0, 0.1) is 0 Å². The van der Waals surface area contributed by atoms with E-state index in [1.807, 2.05) is 41.9 Å². The molecule has 0 bridgehead atoms. The second-order valence-electron chi connectivity index (χ2n) is 3.76. The SMILES string of the molecule is Cn1cncc1-c1nc(-c2ccccc2)n[nH]1. The lowest BCUT2D eigenvalue weighted by Gasteiger charge is -1.95. The zero-order valence-electron chi connectivity index (χ0n) is 9.33. The van der Waals surface area contributed by atoms with Crippen LogP contribution in [0.25, 0.3) is 22.9 Å². The van der Waals surface area contributed by atoms with E-state index in [0.717, 1.165) is 17.1 Å². The molecule has 0 unspecified atom stereocenters. The summed E-state index contributed by atoms with van der Waals surface area (Å²) in [4.78, 5) is 8.51. The molecule has 17 heavy (non-hydrogen) atoms. The molecule has 5 heteroatoms. The van der Waals surface area contributed by atoms with Crippen molar-refractivity contribution in [1.29, 1.82) is 0 Å². The van der Waals surface area contributed by atoms with Crippen molar-refractivity contribution < 1.29 is 0 Å². The molecule has 0 amide bonds. The molecule has 84 valence electrons. The number of aromatic nitrogens is 5. The van der Waals surface area contributed by atoms with Crippen LogP contribution in [0.2, 0.25) is 0 Å². The van der Waals surface area contributed by atoms with Crippen LogP contribution in [-0.4, -0.2) is 24.7 Å². The predicted octanol–water partition coefficient (Wildman–Crippen LogP) is 1.87. The van der Waals surface area contributed by atoms with E-state index in [2.05, 4.69) is 20.2 Å². The fourth-order valence-corrected chi connectivity index (χ4v) is 1.68. The van der Waals surface area contributed by atoms with Crippen LogP contribution in [0.5, 0.6) is 0 Å². The van der Waals surface area contributed by atoms with Gasteiger partial charge in [-0.2, -0.15) is 5.10 Å². The summed E-state index contributed by atoms with van der Waals surface area (Å²) in [5, 5.41) is 7.13. The van der Waals surface area contributed by atoms with E-state index in [-0.39, 0.29) is 0 Å². The Hall–Kier alpha value is -2.43. The number of H-pyrrole nitrogens is 1. The monoisotopic (exact) mass is 225 g/mol. The predicted molar refractivity (Wildman–Crippen MR) is 64.0 cm³/mol. The molecule has 0 radical (unpaired) electrons. The van der Waals surface area contributed by atoms with Crippen molar-refractivity contribution in [3.63, 3.8) is 0 Å². The largest absolute Gasteiger partial charge is 0.331 e. The lowest BCUT2D eigenvalue weighted by Crippen LogP contribution is -1.90. The minimum absolute atomic E-state index is 0.696. The molecule has 2 heterocycles. The third-order valence-electron chi connectivity index (χ3n) is 2.58. The van der Waals surface area contributed by atoms with E-state index >= 15 is 0 Å². The first-order valence-corrected chi connectivity index (χ1v) is 5.29. The van der Waals surface area contributed by atoms with E-state index < -0.39 is 0 Å². The maximum absolute atomic E-state index is 4.46. The number of nitrogens with zero attached hydrogens (tertiary/aromatic N) is 4. The molecule has 0 aliphatic rings. The summed E-state index contributed by atoms with van der Waals surface area (Å²) in [5.41, 5.74) is 1.91. The molecule has 3 aromatic rings. The highest BCUT2D eigenvalue weighted by molar-refractivity contribution is 5.58. The first-order chi connectivity index (χ1) is 8.34. The van der Waals surface area contributed by atoms with Gasteiger partial charge in [0.25, 0.3) is 0 Å². The highest BCUT2D eigenvalue weighted by Gasteiger charge is 2.09.